The number of carbonyl (C=O) groups is 1. The summed E-state index contributed by atoms with van der Waals surface area (Å²) in [4.78, 5) is 13.2. The molecule has 35 heavy (non-hydrogen) atoms. The van der Waals surface area contributed by atoms with Gasteiger partial charge in [0.2, 0.25) is 5.82 Å². The maximum Gasteiger partial charge on any atom is 0.417 e. The van der Waals surface area contributed by atoms with Gasteiger partial charge in [-0.3, -0.25) is 9.20 Å². The number of rotatable bonds is 6. The van der Waals surface area contributed by atoms with Gasteiger partial charge in [0.15, 0.2) is 22.8 Å². The molecule has 188 valence electrons. The number of benzene rings is 1. The number of nitrogens with zero attached hydrogens (tertiary/aromatic N) is 3. The lowest BCUT2D eigenvalue weighted by Gasteiger charge is -2.27. The number of nitrogens with one attached hydrogen (secondary N) is 1. The largest absolute Gasteiger partial charge is 0.490 e. The maximum absolute atomic E-state index is 14.5. The summed E-state index contributed by atoms with van der Waals surface area (Å²) in [5.41, 5.74) is -2.30. The zero-order valence-electron chi connectivity index (χ0n) is 18.8. The highest BCUT2D eigenvalue weighted by Gasteiger charge is 2.61. The van der Waals surface area contributed by atoms with Crippen LogP contribution in [-0.2, 0) is 9.53 Å². The number of fused-ring (bicyclic) bond motifs is 1. The third-order valence-electron chi connectivity index (χ3n) is 5.82. The molecule has 13 heteroatoms. The molecular formula is C22H21F5N4O4. The molecule has 0 spiro atoms. The fourth-order valence-corrected chi connectivity index (χ4v) is 4.06. The number of hydrogen-bond acceptors (Lipinski definition) is 6. The minimum Gasteiger partial charge on any atom is -0.490 e. The van der Waals surface area contributed by atoms with Crippen molar-refractivity contribution in [1.82, 2.24) is 14.6 Å². The molecule has 2 aromatic heterocycles. The Bertz CT molecular complexity index is 1260. The van der Waals surface area contributed by atoms with Gasteiger partial charge in [0.05, 0.1) is 13.7 Å². The fourth-order valence-electron chi connectivity index (χ4n) is 4.06. The van der Waals surface area contributed by atoms with E-state index >= 15 is 0 Å². The molecule has 1 saturated heterocycles. The smallest absolute Gasteiger partial charge is 0.417 e. The van der Waals surface area contributed by atoms with Crippen molar-refractivity contribution >= 4 is 17.2 Å². The minimum atomic E-state index is -4.83. The van der Waals surface area contributed by atoms with Crippen LogP contribution in [0.5, 0.6) is 11.8 Å². The SMILES string of the molecule is CCOc1c([C@H]2C[C@@](C)(C(F)(F)F)O[C@@H]2C(=O)Nc2ccn3c(OC)nnc3c2)ccc(F)c1F. The van der Waals surface area contributed by atoms with Crippen LogP contribution in [0.1, 0.15) is 31.7 Å². The summed E-state index contributed by atoms with van der Waals surface area (Å²) in [6, 6.07) is 4.97. The average molecular weight is 500 g/mol. The molecule has 0 radical (unpaired) electrons. The number of carbonyl (C=O) groups excluding carboxylic acids is 1. The average Bonchev–Trinajstić information content (AvgIpc) is 3.38. The molecule has 8 nitrogen and oxygen atoms in total. The zero-order valence-corrected chi connectivity index (χ0v) is 18.8. The zero-order chi connectivity index (χ0) is 25.5. The molecule has 0 saturated carbocycles. The molecule has 1 aliphatic rings. The van der Waals surface area contributed by atoms with Crippen molar-refractivity contribution in [2.24, 2.45) is 0 Å². The third kappa shape index (κ3) is 4.35. The summed E-state index contributed by atoms with van der Waals surface area (Å²) >= 11 is 0. The molecule has 4 rings (SSSR count). The van der Waals surface area contributed by atoms with Crippen molar-refractivity contribution in [3.63, 3.8) is 0 Å². The lowest BCUT2D eigenvalue weighted by molar-refractivity contribution is -0.261. The number of anilines is 1. The second-order valence-corrected chi connectivity index (χ2v) is 8.11. The number of methoxy groups -OCH3 is 1. The van der Waals surface area contributed by atoms with E-state index < -0.39 is 53.5 Å². The normalized spacial score (nSPS) is 22.4. The molecule has 0 bridgehead atoms. The second-order valence-electron chi connectivity index (χ2n) is 8.11. The summed E-state index contributed by atoms with van der Waals surface area (Å²) in [7, 11) is 1.40. The summed E-state index contributed by atoms with van der Waals surface area (Å²) in [5.74, 6) is -5.33. The summed E-state index contributed by atoms with van der Waals surface area (Å²) in [6.07, 6.45) is -5.73. The van der Waals surface area contributed by atoms with Crippen LogP contribution in [0.3, 0.4) is 0 Å². The number of ether oxygens (including phenoxy) is 3. The van der Waals surface area contributed by atoms with E-state index in [0.29, 0.717) is 5.65 Å². The Hall–Kier alpha value is -3.48. The first kappa shape index (κ1) is 24.6. The van der Waals surface area contributed by atoms with Crippen LogP contribution in [0, 0.1) is 11.6 Å². The molecule has 0 aliphatic carbocycles. The van der Waals surface area contributed by atoms with E-state index in [0.717, 1.165) is 19.1 Å². The van der Waals surface area contributed by atoms with Gasteiger partial charge in [0.1, 0.15) is 6.10 Å². The minimum absolute atomic E-state index is 0.0732. The van der Waals surface area contributed by atoms with E-state index in [2.05, 4.69) is 15.5 Å². The van der Waals surface area contributed by atoms with Crippen molar-refractivity contribution in [2.75, 3.05) is 19.0 Å². The molecule has 1 fully saturated rings. The van der Waals surface area contributed by atoms with Gasteiger partial charge in [-0.05, 0) is 32.4 Å². The molecule has 3 aromatic rings. The lowest BCUT2D eigenvalue weighted by atomic mass is 9.85. The van der Waals surface area contributed by atoms with Crippen LogP contribution in [0.2, 0.25) is 0 Å². The predicted octanol–water partition coefficient (Wildman–Crippen LogP) is 4.25. The number of hydrogen-bond donors (Lipinski definition) is 1. The van der Waals surface area contributed by atoms with Crippen molar-refractivity contribution in [1.29, 1.82) is 0 Å². The van der Waals surface area contributed by atoms with Gasteiger partial charge in [-0.2, -0.15) is 17.6 Å². The van der Waals surface area contributed by atoms with E-state index in [9.17, 15) is 26.7 Å². The van der Waals surface area contributed by atoms with Crippen LogP contribution in [0.25, 0.3) is 5.65 Å². The van der Waals surface area contributed by atoms with Crippen LogP contribution >= 0.6 is 0 Å². The summed E-state index contributed by atoms with van der Waals surface area (Å²) in [6.45, 7) is 2.25. The van der Waals surface area contributed by atoms with E-state index in [4.69, 9.17) is 14.2 Å². The highest BCUT2D eigenvalue weighted by atomic mass is 19.4. The summed E-state index contributed by atoms with van der Waals surface area (Å²) in [5, 5.41) is 10.2. The standard InChI is InChI=1S/C22H21F5N4O4/c1-4-34-17-12(5-6-14(23)16(17)24)13-10-21(2,22(25,26)27)35-18(13)19(32)28-11-7-8-31-15(9-11)29-30-20(31)33-3/h5-9,13,18H,4,10H2,1-3H3,(H,28,32)/t13-,18+,21+/m1/s1. The first-order valence-corrected chi connectivity index (χ1v) is 10.5. The highest BCUT2D eigenvalue weighted by molar-refractivity contribution is 5.95. The quantitative estimate of drug-likeness (QED) is 0.510. The Labute approximate surface area is 196 Å². The monoisotopic (exact) mass is 500 g/mol. The molecule has 1 N–H and O–H groups in total. The highest BCUT2D eigenvalue weighted by Crippen LogP contribution is 2.51. The second kappa shape index (κ2) is 8.95. The van der Waals surface area contributed by atoms with E-state index in [1.807, 2.05) is 0 Å². The third-order valence-corrected chi connectivity index (χ3v) is 5.82. The van der Waals surface area contributed by atoms with Crippen LogP contribution < -0.4 is 14.8 Å². The molecule has 1 aromatic carbocycles. The van der Waals surface area contributed by atoms with Gasteiger partial charge in [0.25, 0.3) is 5.91 Å². The van der Waals surface area contributed by atoms with Crippen molar-refractivity contribution < 1.29 is 41.0 Å². The molecule has 3 atom stereocenters. The lowest BCUT2D eigenvalue weighted by Crippen LogP contribution is -2.43. The Morgan fingerprint density at radius 1 is 1.29 bits per heavy atom. The van der Waals surface area contributed by atoms with Crippen molar-refractivity contribution in [2.45, 2.75) is 44.1 Å². The van der Waals surface area contributed by atoms with Gasteiger partial charge >= 0.3 is 12.2 Å². The van der Waals surface area contributed by atoms with Crippen LogP contribution in [0.15, 0.2) is 30.5 Å². The molecule has 1 aliphatic heterocycles. The van der Waals surface area contributed by atoms with E-state index in [-0.39, 0.29) is 23.9 Å². The molecule has 0 unspecified atom stereocenters. The maximum atomic E-state index is 14.5. The van der Waals surface area contributed by atoms with Gasteiger partial charge in [-0.15, -0.1) is 5.10 Å². The van der Waals surface area contributed by atoms with Gasteiger partial charge in [-0.1, -0.05) is 11.2 Å². The number of pyridine rings is 1. The predicted molar refractivity (Wildman–Crippen MR) is 112 cm³/mol. The Morgan fingerprint density at radius 2 is 2.03 bits per heavy atom. The van der Waals surface area contributed by atoms with Crippen LogP contribution in [0.4, 0.5) is 27.6 Å². The first-order valence-electron chi connectivity index (χ1n) is 10.5. The first-order chi connectivity index (χ1) is 16.5. The van der Waals surface area contributed by atoms with Crippen molar-refractivity contribution in [3.8, 4) is 11.8 Å². The van der Waals surface area contributed by atoms with E-state index in [1.165, 1.54) is 36.8 Å². The molecular weight excluding hydrogens is 479 g/mol. The van der Waals surface area contributed by atoms with Crippen molar-refractivity contribution in [3.05, 3.63) is 47.7 Å². The van der Waals surface area contributed by atoms with E-state index in [1.54, 1.807) is 0 Å². The fraction of sp³-hybridized carbons (Fsp3) is 0.409. The molecule has 1 amide bonds. The topological polar surface area (TPSA) is 87.0 Å². The number of aromatic nitrogens is 3. The summed E-state index contributed by atoms with van der Waals surface area (Å²) < 4.78 is 86.9. The number of amides is 1. The Morgan fingerprint density at radius 3 is 2.69 bits per heavy atom. The van der Waals surface area contributed by atoms with Gasteiger partial charge in [-0.25, -0.2) is 4.39 Å². The molecule has 3 heterocycles. The van der Waals surface area contributed by atoms with Gasteiger partial charge < -0.3 is 19.5 Å². The number of halogens is 5. The Kier molecular flexibility index (Phi) is 6.30. The van der Waals surface area contributed by atoms with Crippen LogP contribution in [-0.4, -0.2) is 52.1 Å². The number of alkyl halides is 3. The Balaban J connectivity index is 1.71. The van der Waals surface area contributed by atoms with Gasteiger partial charge in [0, 0.05) is 29.4 Å².